The molecule has 0 unspecified atom stereocenters. The van der Waals surface area contributed by atoms with Crippen molar-refractivity contribution >= 4 is 22.4 Å². The molecule has 0 atom stereocenters. The number of nitrogens with one attached hydrogen (secondary N) is 1. The van der Waals surface area contributed by atoms with Crippen LogP contribution in [0.1, 0.15) is 10.5 Å². The first kappa shape index (κ1) is 16.5. The van der Waals surface area contributed by atoms with Gasteiger partial charge in [0.25, 0.3) is 5.91 Å². The van der Waals surface area contributed by atoms with Crippen LogP contribution in [0.2, 0.25) is 0 Å². The van der Waals surface area contributed by atoms with Gasteiger partial charge in [-0.1, -0.05) is 18.2 Å². The zero-order valence-electron chi connectivity index (χ0n) is 14.4. The third-order valence-corrected chi connectivity index (χ3v) is 4.86. The van der Waals surface area contributed by atoms with E-state index in [0.717, 1.165) is 16.9 Å². The van der Waals surface area contributed by atoms with E-state index in [1.165, 1.54) is 22.3 Å². The summed E-state index contributed by atoms with van der Waals surface area (Å²) < 4.78 is 10.7. The lowest BCUT2D eigenvalue weighted by Gasteiger charge is -2.00. The molecule has 0 radical (unpaired) electrons. The Labute approximate surface area is 163 Å². The number of nitrogens with zero attached hydrogens (tertiary/aromatic N) is 4. The Balaban J connectivity index is 1.32. The van der Waals surface area contributed by atoms with E-state index in [-0.39, 0.29) is 18.4 Å². The summed E-state index contributed by atoms with van der Waals surface area (Å²) in [7, 11) is 0. The van der Waals surface area contributed by atoms with E-state index in [4.69, 9.17) is 9.47 Å². The van der Waals surface area contributed by atoms with Crippen molar-refractivity contribution in [2.75, 3.05) is 12.1 Å². The van der Waals surface area contributed by atoms with Crippen LogP contribution < -0.4 is 14.8 Å². The average molecular weight is 391 g/mol. The summed E-state index contributed by atoms with van der Waals surface area (Å²) in [6.45, 7) is 0.223. The number of aromatic nitrogens is 4. The molecule has 9 heteroatoms. The van der Waals surface area contributed by atoms with Crippen LogP contribution in [-0.2, 0) is 0 Å². The number of amides is 1. The van der Waals surface area contributed by atoms with Crippen molar-refractivity contribution in [2.24, 2.45) is 0 Å². The van der Waals surface area contributed by atoms with Gasteiger partial charge in [-0.25, -0.2) is 4.98 Å². The van der Waals surface area contributed by atoms with Gasteiger partial charge in [-0.15, -0.1) is 16.4 Å². The summed E-state index contributed by atoms with van der Waals surface area (Å²) in [4.78, 5) is 18.3. The summed E-state index contributed by atoms with van der Waals surface area (Å²) in [6, 6.07) is 15.0. The Bertz CT molecular complexity index is 1160. The Morgan fingerprint density at radius 1 is 1.11 bits per heavy atom. The first-order valence-electron chi connectivity index (χ1n) is 8.41. The maximum atomic E-state index is 12.5. The predicted octanol–water partition coefficient (Wildman–Crippen LogP) is 3.37. The zero-order chi connectivity index (χ0) is 18.9. The van der Waals surface area contributed by atoms with Crippen LogP contribution in [0, 0.1) is 0 Å². The standard InChI is InChI=1S/C19H13N5O3S/c25-18(14-9-20-24(23-14)13-4-2-1-3-5-13)22-19-21-15(10-28-19)12-6-7-16-17(8-12)27-11-26-16/h1-10H,11H2,(H,21,22,25). The number of carbonyl (C=O) groups is 1. The molecule has 4 aromatic rings. The quantitative estimate of drug-likeness (QED) is 0.574. The van der Waals surface area contributed by atoms with Crippen LogP contribution in [0.25, 0.3) is 16.9 Å². The van der Waals surface area contributed by atoms with Gasteiger partial charge in [-0.3, -0.25) is 10.1 Å². The molecule has 0 saturated carbocycles. The lowest BCUT2D eigenvalue weighted by Crippen LogP contribution is -2.13. The number of hydrogen-bond donors (Lipinski definition) is 1. The van der Waals surface area contributed by atoms with Gasteiger partial charge in [-0.2, -0.15) is 9.90 Å². The van der Waals surface area contributed by atoms with E-state index >= 15 is 0 Å². The molecule has 8 nitrogen and oxygen atoms in total. The zero-order valence-corrected chi connectivity index (χ0v) is 15.2. The number of ether oxygens (including phenoxy) is 2. The van der Waals surface area contributed by atoms with Crippen molar-refractivity contribution in [2.45, 2.75) is 0 Å². The molecule has 28 heavy (non-hydrogen) atoms. The van der Waals surface area contributed by atoms with E-state index in [1.807, 2.05) is 53.9 Å². The largest absolute Gasteiger partial charge is 0.454 e. The lowest BCUT2D eigenvalue weighted by molar-refractivity contribution is 0.102. The minimum atomic E-state index is -0.367. The highest BCUT2D eigenvalue weighted by Gasteiger charge is 2.17. The molecule has 0 spiro atoms. The third-order valence-electron chi connectivity index (χ3n) is 4.10. The number of para-hydroxylation sites is 1. The SMILES string of the molecule is O=C(Nc1nc(-c2ccc3c(c2)OCO3)cs1)c1cnn(-c2ccccc2)n1. The fourth-order valence-electron chi connectivity index (χ4n) is 2.73. The Kier molecular flexibility index (Phi) is 3.99. The van der Waals surface area contributed by atoms with E-state index in [0.29, 0.717) is 16.6 Å². The lowest BCUT2D eigenvalue weighted by atomic mass is 10.1. The van der Waals surface area contributed by atoms with Crippen LogP contribution in [-0.4, -0.2) is 32.7 Å². The highest BCUT2D eigenvalue weighted by Crippen LogP contribution is 2.36. The van der Waals surface area contributed by atoms with Gasteiger partial charge in [0.1, 0.15) is 0 Å². The maximum Gasteiger partial charge on any atom is 0.279 e. The third kappa shape index (κ3) is 3.08. The molecule has 0 bridgehead atoms. The van der Waals surface area contributed by atoms with Crippen LogP contribution in [0.4, 0.5) is 5.13 Å². The number of fused-ring (bicyclic) bond motifs is 1. The second kappa shape index (κ2) is 6.78. The van der Waals surface area contributed by atoms with Crippen molar-refractivity contribution in [1.29, 1.82) is 0 Å². The number of benzene rings is 2. The first-order chi connectivity index (χ1) is 13.8. The molecular formula is C19H13N5O3S. The molecule has 0 fully saturated rings. The van der Waals surface area contributed by atoms with Crippen LogP contribution in [0.15, 0.2) is 60.1 Å². The Morgan fingerprint density at radius 2 is 1.96 bits per heavy atom. The Hall–Kier alpha value is -3.72. The molecule has 1 aliphatic rings. The van der Waals surface area contributed by atoms with Gasteiger partial charge < -0.3 is 9.47 Å². The Morgan fingerprint density at radius 3 is 2.86 bits per heavy atom. The van der Waals surface area contributed by atoms with Crippen molar-refractivity contribution in [1.82, 2.24) is 20.0 Å². The molecule has 2 aromatic heterocycles. The molecule has 138 valence electrons. The van der Waals surface area contributed by atoms with E-state index in [1.54, 1.807) is 0 Å². The molecule has 2 aromatic carbocycles. The van der Waals surface area contributed by atoms with Gasteiger partial charge in [0, 0.05) is 10.9 Å². The normalized spacial score (nSPS) is 12.1. The van der Waals surface area contributed by atoms with Gasteiger partial charge in [0.15, 0.2) is 22.3 Å². The van der Waals surface area contributed by atoms with Crippen LogP contribution >= 0.6 is 11.3 Å². The molecule has 1 aliphatic heterocycles. The summed E-state index contributed by atoms with van der Waals surface area (Å²) >= 11 is 1.33. The summed E-state index contributed by atoms with van der Waals surface area (Å²) in [6.07, 6.45) is 1.43. The van der Waals surface area contributed by atoms with Crippen molar-refractivity contribution in [3.63, 3.8) is 0 Å². The second-order valence-corrected chi connectivity index (χ2v) is 6.77. The average Bonchev–Trinajstić information content (AvgIpc) is 3.48. The molecule has 1 amide bonds. The molecular weight excluding hydrogens is 378 g/mol. The number of hydrogen-bond acceptors (Lipinski definition) is 7. The van der Waals surface area contributed by atoms with Gasteiger partial charge in [-0.05, 0) is 30.3 Å². The minimum Gasteiger partial charge on any atom is -0.454 e. The molecule has 0 saturated heterocycles. The minimum absolute atomic E-state index is 0.212. The molecule has 1 N–H and O–H groups in total. The van der Waals surface area contributed by atoms with E-state index in [2.05, 4.69) is 20.5 Å². The van der Waals surface area contributed by atoms with Crippen molar-refractivity contribution < 1.29 is 14.3 Å². The molecule has 3 heterocycles. The topological polar surface area (TPSA) is 91.2 Å². The molecule has 0 aliphatic carbocycles. The fourth-order valence-corrected chi connectivity index (χ4v) is 3.45. The van der Waals surface area contributed by atoms with E-state index in [9.17, 15) is 4.79 Å². The monoisotopic (exact) mass is 391 g/mol. The number of carbonyl (C=O) groups excluding carboxylic acids is 1. The summed E-state index contributed by atoms with van der Waals surface area (Å²) in [5.41, 5.74) is 2.62. The first-order valence-corrected chi connectivity index (χ1v) is 9.29. The van der Waals surface area contributed by atoms with Crippen molar-refractivity contribution in [3.8, 4) is 28.4 Å². The smallest absolute Gasteiger partial charge is 0.279 e. The summed E-state index contributed by atoms with van der Waals surface area (Å²) in [5, 5.41) is 13.5. The highest BCUT2D eigenvalue weighted by atomic mass is 32.1. The van der Waals surface area contributed by atoms with Gasteiger partial charge in [0.05, 0.1) is 17.6 Å². The van der Waals surface area contributed by atoms with Crippen LogP contribution in [0.5, 0.6) is 11.5 Å². The number of thiazole rings is 1. The molecule has 5 rings (SSSR count). The maximum absolute atomic E-state index is 12.5. The van der Waals surface area contributed by atoms with Crippen molar-refractivity contribution in [3.05, 3.63) is 65.8 Å². The summed E-state index contributed by atoms with van der Waals surface area (Å²) in [5.74, 6) is 1.04. The van der Waals surface area contributed by atoms with E-state index < -0.39 is 0 Å². The fraction of sp³-hybridized carbons (Fsp3) is 0.0526. The van der Waals surface area contributed by atoms with Gasteiger partial charge >= 0.3 is 0 Å². The second-order valence-electron chi connectivity index (χ2n) is 5.91. The predicted molar refractivity (Wildman–Crippen MR) is 103 cm³/mol. The number of anilines is 1. The van der Waals surface area contributed by atoms with Crippen LogP contribution in [0.3, 0.4) is 0 Å². The number of rotatable bonds is 4. The van der Waals surface area contributed by atoms with Gasteiger partial charge in [0.2, 0.25) is 6.79 Å². The highest BCUT2D eigenvalue weighted by molar-refractivity contribution is 7.14.